The number of pyridine rings is 1. The SMILES string of the molecule is CC(C)(C)c1ccc(N(CCCl)C2CCCCC2)nc1. The molecule has 1 aromatic heterocycles. The first-order valence-corrected chi connectivity index (χ1v) is 8.35. The largest absolute Gasteiger partial charge is 0.352 e. The smallest absolute Gasteiger partial charge is 0.128 e. The van der Waals surface area contributed by atoms with Crippen LogP contribution in [0.2, 0.25) is 0 Å². The van der Waals surface area contributed by atoms with E-state index in [2.05, 4.69) is 37.8 Å². The van der Waals surface area contributed by atoms with Gasteiger partial charge in [-0.05, 0) is 29.9 Å². The van der Waals surface area contributed by atoms with E-state index in [-0.39, 0.29) is 5.41 Å². The van der Waals surface area contributed by atoms with Crippen molar-refractivity contribution in [3.05, 3.63) is 23.9 Å². The van der Waals surface area contributed by atoms with Crippen LogP contribution in [0.4, 0.5) is 5.82 Å². The number of nitrogens with zero attached hydrogens (tertiary/aromatic N) is 2. The highest BCUT2D eigenvalue weighted by Gasteiger charge is 2.22. The van der Waals surface area contributed by atoms with Gasteiger partial charge in [0, 0.05) is 24.7 Å². The van der Waals surface area contributed by atoms with Gasteiger partial charge in [0.05, 0.1) is 0 Å². The van der Waals surface area contributed by atoms with Crippen LogP contribution < -0.4 is 4.90 Å². The van der Waals surface area contributed by atoms with Crippen LogP contribution >= 0.6 is 11.6 Å². The monoisotopic (exact) mass is 294 g/mol. The average molecular weight is 295 g/mol. The average Bonchev–Trinajstić information content (AvgIpc) is 2.45. The van der Waals surface area contributed by atoms with Crippen LogP contribution in [0.15, 0.2) is 18.3 Å². The van der Waals surface area contributed by atoms with Gasteiger partial charge in [-0.15, -0.1) is 11.6 Å². The summed E-state index contributed by atoms with van der Waals surface area (Å²) in [6, 6.07) is 5.00. The topological polar surface area (TPSA) is 16.1 Å². The maximum atomic E-state index is 6.00. The Morgan fingerprint density at radius 1 is 1.20 bits per heavy atom. The Morgan fingerprint density at radius 3 is 2.40 bits per heavy atom. The maximum Gasteiger partial charge on any atom is 0.128 e. The third-order valence-corrected chi connectivity index (χ3v) is 4.42. The molecule has 1 aliphatic rings. The molecule has 3 heteroatoms. The van der Waals surface area contributed by atoms with Crippen molar-refractivity contribution in [3.8, 4) is 0 Å². The lowest BCUT2D eigenvalue weighted by atomic mass is 9.88. The van der Waals surface area contributed by atoms with Gasteiger partial charge in [0.25, 0.3) is 0 Å². The fraction of sp³-hybridized carbons (Fsp3) is 0.706. The van der Waals surface area contributed by atoms with Gasteiger partial charge in [-0.25, -0.2) is 4.98 Å². The molecule has 1 heterocycles. The minimum absolute atomic E-state index is 0.160. The van der Waals surface area contributed by atoms with E-state index in [1.807, 2.05) is 6.20 Å². The van der Waals surface area contributed by atoms with Crippen LogP contribution in [-0.4, -0.2) is 23.5 Å². The van der Waals surface area contributed by atoms with E-state index < -0.39 is 0 Å². The fourth-order valence-electron chi connectivity index (χ4n) is 2.97. The molecule has 1 fully saturated rings. The highest BCUT2D eigenvalue weighted by molar-refractivity contribution is 6.18. The third kappa shape index (κ3) is 3.88. The van der Waals surface area contributed by atoms with Crippen LogP contribution in [0.1, 0.15) is 58.4 Å². The Kier molecular flexibility index (Phi) is 5.31. The van der Waals surface area contributed by atoms with Crippen molar-refractivity contribution >= 4 is 17.4 Å². The number of halogens is 1. The normalized spacial score (nSPS) is 17.2. The molecule has 1 aliphatic carbocycles. The second-order valence-corrected chi connectivity index (χ2v) is 7.21. The summed E-state index contributed by atoms with van der Waals surface area (Å²) in [6.07, 6.45) is 8.63. The molecule has 0 spiro atoms. The maximum absolute atomic E-state index is 6.00. The van der Waals surface area contributed by atoms with Gasteiger partial charge in [0.1, 0.15) is 5.82 Å². The molecule has 0 atom stereocenters. The highest BCUT2D eigenvalue weighted by atomic mass is 35.5. The number of hydrogen-bond donors (Lipinski definition) is 0. The molecule has 0 bridgehead atoms. The Balaban J connectivity index is 2.16. The van der Waals surface area contributed by atoms with E-state index in [0.29, 0.717) is 11.9 Å². The summed E-state index contributed by atoms with van der Waals surface area (Å²) >= 11 is 6.00. The Labute approximate surface area is 128 Å². The first-order chi connectivity index (χ1) is 9.52. The first kappa shape index (κ1) is 15.6. The number of alkyl halides is 1. The van der Waals surface area contributed by atoms with Crippen LogP contribution in [0.25, 0.3) is 0 Å². The molecule has 0 aromatic carbocycles. The molecule has 20 heavy (non-hydrogen) atoms. The van der Waals surface area contributed by atoms with E-state index in [0.717, 1.165) is 12.4 Å². The number of hydrogen-bond acceptors (Lipinski definition) is 2. The van der Waals surface area contributed by atoms with E-state index in [1.54, 1.807) is 0 Å². The molecule has 0 N–H and O–H groups in total. The predicted octanol–water partition coefficient (Wildman–Crippen LogP) is 4.76. The van der Waals surface area contributed by atoms with Crippen LogP contribution in [0.5, 0.6) is 0 Å². The summed E-state index contributed by atoms with van der Waals surface area (Å²) in [5, 5.41) is 0. The lowest BCUT2D eigenvalue weighted by molar-refractivity contribution is 0.416. The Morgan fingerprint density at radius 2 is 1.90 bits per heavy atom. The van der Waals surface area contributed by atoms with Crippen molar-refractivity contribution in [3.63, 3.8) is 0 Å². The van der Waals surface area contributed by atoms with E-state index >= 15 is 0 Å². The van der Waals surface area contributed by atoms with Gasteiger partial charge in [-0.1, -0.05) is 46.1 Å². The summed E-state index contributed by atoms with van der Waals surface area (Å²) in [6.45, 7) is 7.57. The molecule has 0 saturated heterocycles. The van der Waals surface area contributed by atoms with E-state index in [1.165, 1.54) is 37.7 Å². The van der Waals surface area contributed by atoms with Crippen molar-refractivity contribution < 1.29 is 0 Å². The van der Waals surface area contributed by atoms with Gasteiger partial charge in [0.2, 0.25) is 0 Å². The zero-order valence-electron chi connectivity index (χ0n) is 13.0. The number of aromatic nitrogens is 1. The standard InChI is InChI=1S/C17H27ClN2/c1-17(2,3)14-9-10-16(19-13-14)20(12-11-18)15-7-5-4-6-8-15/h9-10,13,15H,4-8,11-12H2,1-3H3. The summed E-state index contributed by atoms with van der Waals surface area (Å²) in [4.78, 5) is 7.12. The molecule has 0 aliphatic heterocycles. The van der Waals surface area contributed by atoms with Crippen molar-refractivity contribution in [1.29, 1.82) is 0 Å². The zero-order valence-corrected chi connectivity index (χ0v) is 13.8. The molecule has 2 rings (SSSR count). The molecular formula is C17H27ClN2. The Hall–Kier alpha value is -0.760. The van der Waals surface area contributed by atoms with Gasteiger partial charge in [0.15, 0.2) is 0 Å². The van der Waals surface area contributed by atoms with Gasteiger partial charge >= 0.3 is 0 Å². The lowest BCUT2D eigenvalue weighted by Gasteiger charge is -2.35. The van der Waals surface area contributed by atoms with Crippen LogP contribution in [0.3, 0.4) is 0 Å². The highest BCUT2D eigenvalue weighted by Crippen LogP contribution is 2.28. The first-order valence-electron chi connectivity index (χ1n) is 7.81. The van der Waals surface area contributed by atoms with Crippen molar-refractivity contribution in [2.75, 3.05) is 17.3 Å². The summed E-state index contributed by atoms with van der Waals surface area (Å²) < 4.78 is 0. The summed E-state index contributed by atoms with van der Waals surface area (Å²) in [5.74, 6) is 1.75. The van der Waals surface area contributed by atoms with Crippen molar-refractivity contribution in [1.82, 2.24) is 4.98 Å². The molecule has 2 nitrogen and oxygen atoms in total. The molecule has 0 amide bonds. The second kappa shape index (κ2) is 6.80. The zero-order chi connectivity index (χ0) is 14.6. The Bertz CT molecular complexity index is 402. The van der Waals surface area contributed by atoms with Crippen molar-refractivity contribution in [2.24, 2.45) is 0 Å². The van der Waals surface area contributed by atoms with Crippen LogP contribution in [-0.2, 0) is 5.41 Å². The summed E-state index contributed by atoms with van der Waals surface area (Å²) in [5.41, 5.74) is 1.45. The second-order valence-electron chi connectivity index (χ2n) is 6.83. The molecule has 1 saturated carbocycles. The molecule has 1 aromatic rings. The quantitative estimate of drug-likeness (QED) is 0.745. The number of anilines is 1. The molecule has 112 valence electrons. The van der Waals surface area contributed by atoms with E-state index in [9.17, 15) is 0 Å². The number of rotatable bonds is 4. The molecule has 0 radical (unpaired) electrons. The van der Waals surface area contributed by atoms with Gasteiger partial charge < -0.3 is 4.90 Å². The lowest BCUT2D eigenvalue weighted by Crippen LogP contribution is -2.38. The van der Waals surface area contributed by atoms with Gasteiger partial charge in [-0.2, -0.15) is 0 Å². The summed E-state index contributed by atoms with van der Waals surface area (Å²) in [7, 11) is 0. The minimum Gasteiger partial charge on any atom is -0.352 e. The third-order valence-electron chi connectivity index (χ3n) is 4.25. The fourth-order valence-corrected chi connectivity index (χ4v) is 3.15. The molecular weight excluding hydrogens is 268 g/mol. The molecule has 0 unspecified atom stereocenters. The minimum atomic E-state index is 0.160. The van der Waals surface area contributed by atoms with Crippen LogP contribution in [0, 0.1) is 0 Å². The van der Waals surface area contributed by atoms with Gasteiger partial charge in [-0.3, -0.25) is 0 Å². The predicted molar refractivity (Wildman–Crippen MR) is 87.9 cm³/mol. The van der Waals surface area contributed by atoms with E-state index in [4.69, 9.17) is 16.6 Å². The van der Waals surface area contributed by atoms with Crippen molar-refractivity contribution in [2.45, 2.75) is 64.3 Å².